The van der Waals surface area contributed by atoms with Crippen LogP contribution in [0, 0.1) is 0 Å². The Kier molecular flexibility index (Phi) is 1.93. The highest BCUT2D eigenvalue weighted by Gasteiger charge is 2.09. The van der Waals surface area contributed by atoms with Crippen LogP contribution < -0.4 is 5.56 Å². The van der Waals surface area contributed by atoms with Gasteiger partial charge in [0.2, 0.25) is 0 Å². The van der Waals surface area contributed by atoms with Crippen molar-refractivity contribution in [3.05, 3.63) is 46.4 Å². The smallest absolute Gasteiger partial charge is 0.337 e. The van der Waals surface area contributed by atoms with E-state index in [9.17, 15) is 14.7 Å². The van der Waals surface area contributed by atoms with Gasteiger partial charge in [-0.25, -0.2) is 4.79 Å². The molecule has 0 bridgehead atoms. The van der Waals surface area contributed by atoms with Gasteiger partial charge in [-0.05, 0) is 18.2 Å². The van der Waals surface area contributed by atoms with E-state index in [0.717, 1.165) is 10.5 Å². The summed E-state index contributed by atoms with van der Waals surface area (Å²) in [7, 11) is 0. The zero-order valence-electron chi connectivity index (χ0n) is 7.54. The standard InChI is InChI=1S/C10H7NO4/c12-6-1-3-8-7(10(14)15)2-4-9(13)11(8)5-6/h1-5,12H,(H,14,15). The highest BCUT2D eigenvalue weighted by atomic mass is 16.4. The first-order valence-corrected chi connectivity index (χ1v) is 4.17. The van der Waals surface area contributed by atoms with Crippen molar-refractivity contribution in [3.63, 3.8) is 0 Å². The van der Waals surface area contributed by atoms with E-state index < -0.39 is 5.97 Å². The molecule has 0 aliphatic heterocycles. The second kappa shape index (κ2) is 3.13. The molecule has 0 saturated heterocycles. The first-order chi connectivity index (χ1) is 7.09. The maximum Gasteiger partial charge on any atom is 0.337 e. The van der Waals surface area contributed by atoms with Crippen molar-refractivity contribution in [3.8, 4) is 5.75 Å². The minimum absolute atomic E-state index is 0.0228. The Labute approximate surface area is 83.8 Å². The maximum atomic E-state index is 11.4. The molecule has 2 aromatic rings. The van der Waals surface area contributed by atoms with Gasteiger partial charge in [-0.2, -0.15) is 0 Å². The van der Waals surface area contributed by atoms with Crippen LogP contribution in [0.2, 0.25) is 0 Å². The SMILES string of the molecule is O=C(O)c1ccc(=O)n2cc(O)ccc12. The summed E-state index contributed by atoms with van der Waals surface area (Å²) in [5.41, 5.74) is -0.103. The number of aromatic carboxylic acids is 1. The van der Waals surface area contributed by atoms with Crippen molar-refractivity contribution in [1.29, 1.82) is 0 Å². The molecule has 2 N–H and O–H groups in total. The molecule has 76 valence electrons. The summed E-state index contributed by atoms with van der Waals surface area (Å²) in [5, 5.41) is 18.0. The lowest BCUT2D eigenvalue weighted by Crippen LogP contribution is -2.14. The predicted octanol–water partition coefficient (Wildman–Crippen LogP) is 0.703. The van der Waals surface area contributed by atoms with E-state index in [2.05, 4.69) is 0 Å². The summed E-state index contributed by atoms with van der Waals surface area (Å²) in [4.78, 5) is 22.2. The highest BCUT2D eigenvalue weighted by molar-refractivity contribution is 5.95. The topological polar surface area (TPSA) is 79.0 Å². The molecule has 0 aliphatic carbocycles. The summed E-state index contributed by atoms with van der Waals surface area (Å²) in [6.07, 6.45) is 1.18. The number of rotatable bonds is 1. The number of hydrogen-bond acceptors (Lipinski definition) is 3. The number of pyridine rings is 2. The summed E-state index contributed by atoms with van der Waals surface area (Å²) in [6, 6.07) is 5.12. The van der Waals surface area contributed by atoms with Gasteiger partial charge in [-0.3, -0.25) is 9.20 Å². The van der Waals surface area contributed by atoms with Crippen molar-refractivity contribution in [2.75, 3.05) is 0 Å². The van der Waals surface area contributed by atoms with Crippen molar-refractivity contribution in [2.24, 2.45) is 0 Å². The molecule has 0 saturated carbocycles. The summed E-state index contributed by atoms with van der Waals surface area (Å²) in [6.45, 7) is 0. The molecule has 2 rings (SSSR count). The van der Waals surface area contributed by atoms with Gasteiger partial charge in [0, 0.05) is 6.07 Å². The van der Waals surface area contributed by atoms with Crippen LogP contribution in [0.5, 0.6) is 5.75 Å². The van der Waals surface area contributed by atoms with E-state index in [-0.39, 0.29) is 22.4 Å². The van der Waals surface area contributed by atoms with Crippen LogP contribution in [0.25, 0.3) is 5.52 Å². The van der Waals surface area contributed by atoms with Gasteiger partial charge in [-0.1, -0.05) is 0 Å². The lowest BCUT2D eigenvalue weighted by molar-refractivity contribution is 0.0698. The molecular weight excluding hydrogens is 198 g/mol. The molecular formula is C10H7NO4. The Morgan fingerprint density at radius 2 is 1.93 bits per heavy atom. The molecule has 2 aromatic heterocycles. The molecule has 0 aliphatic rings. The molecule has 0 spiro atoms. The van der Waals surface area contributed by atoms with E-state index in [1.165, 1.54) is 24.4 Å². The molecule has 5 nitrogen and oxygen atoms in total. The van der Waals surface area contributed by atoms with Crippen LogP contribution in [0.3, 0.4) is 0 Å². The maximum absolute atomic E-state index is 11.4. The quantitative estimate of drug-likeness (QED) is 0.718. The third-order valence-corrected chi connectivity index (χ3v) is 2.07. The number of carboxylic acid groups (broad SMARTS) is 1. The number of carbonyl (C=O) groups is 1. The molecule has 0 radical (unpaired) electrons. The van der Waals surface area contributed by atoms with Gasteiger partial charge in [-0.15, -0.1) is 0 Å². The van der Waals surface area contributed by atoms with Gasteiger partial charge < -0.3 is 10.2 Å². The largest absolute Gasteiger partial charge is 0.506 e. The molecule has 5 heteroatoms. The molecule has 0 aromatic carbocycles. The van der Waals surface area contributed by atoms with Gasteiger partial charge >= 0.3 is 5.97 Å². The predicted molar refractivity (Wildman–Crippen MR) is 52.3 cm³/mol. The number of carboxylic acids is 1. The monoisotopic (exact) mass is 205 g/mol. The van der Waals surface area contributed by atoms with Crippen LogP contribution in [-0.2, 0) is 0 Å². The van der Waals surface area contributed by atoms with Crippen molar-refractivity contribution < 1.29 is 15.0 Å². The zero-order valence-corrected chi connectivity index (χ0v) is 7.54. The number of nitrogens with zero attached hydrogens (tertiary/aromatic N) is 1. The Hall–Kier alpha value is -2.30. The van der Waals surface area contributed by atoms with Crippen LogP contribution in [0.15, 0.2) is 35.3 Å². The van der Waals surface area contributed by atoms with Crippen molar-refractivity contribution in [2.45, 2.75) is 0 Å². The van der Waals surface area contributed by atoms with E-state index in [1.54, 1.807) is 0 Å². The second-order valence-corrected chi connectivity index (χ2v) is 3.03. The Morgan fingerprint density at radius 1 is 1.20 bits per heavy atom. The average molecular weight is 205 g/mol. The van der Waals surface area contributed by atoms with Gasteiger partial charge in [0.15, 0.2) is 0 Å². The number of hydrogen-bond donors (Lipinski definition) is 2. The van der Waals surface area contributed by atoms with Crippen molar-refractivity contribution in [1.82, 2.24) is 4.40 Å². The molecule has 2 heterocycles. The minimum atomic E-state index is -1.11. The molecule has 0 amide bonds. The molecule has 0 fully saturated rings. The van der Waals surface area contributed by atoms with Crippen LogP contribution in [0.1, 0.15) is 10.4 Å². The number of aromatic nitrogens is 1. The normalized spacial score (nSPS) is 10.4. The fourth-order valence-electron chi connectivity index (χ4n) is 1.39. The van der Waals surface area contributed by atoms with Crippen molar-refractivity contribution >= 4 is 11.5 Å². The third-order valence-electron chi connectivity index (χ3n) is 2.07. The number of aromatic hydroxyl groups is 1. The van der Waals surface area contributed by atoms with E-state index in [0.29, 0.717) is 0 Å². The summed E-state index contributed by atoms with van der Waals surface area (Å²) < 4.78 is 1.10. The summed E-state index contributed by atoms with van der Waals surface area (Å²) in [5.74, 6) is -1.20. The Balaban J connectivity index is 2.95. The lowest BCUT2D eigenvalue weighted by atomic mass is 10.2. The van der Waals surface area contributed by atoms with Crippen LogP contribution in [-0.4, -0.2) is 20.6 Å². The van der Waals surface area contributed by atoms with Gasteiger partial charge in [0.05, 0.1) is 17.3 Å². The van der Waals surface area contributed by atoms with Crippen LogP contribution in [0.4, 0.5) is 0 Å². The van der Waals surface area contributed by atoms with Crippen LogP contribution >= 0.6 is 0 Å². The lowest BCUT2D eigenvalue weighted by Gasteiger charge is -2.03. The van der Waals surface area contributed by atoms with E-state index in [4.69, 9.17) is 5.11 Å². The molecule has 0 unspecified atom stereocenters. The molecule has 15 heavy (non-hydrogen) atoms. The summed E-state index contributed by atoms with van der Waals surface area (Å²) >= 11 is 0. The average Bonchev–Trinajstić information content (AvgIpc) is 2.19. The van der Waals surface area contributed by atoms with Gasteiger partial charge in [0.1, 0.15) is 5.75 Å². The fraction of sp³-hybridized carbons (Fsp3) is 0. The third kappa shape index (κ3) is 1.43. The highest BCUT2D eigenvalue weighted by Crippen LogP contribution is 2.13. The first kappa shape index (κ1) is 9.26. The minimum Gasteiger partial charge on any atom is -0.506 e. The zero-order chi connectivity index (χ0) is 11.0. The number of fused-ring (bicyclic) bond motifs is 1. The Bertz CT molecular complexity index is 600. The molecule has 0 atom stereocenters. The second-order valence-electron chi connectivity index (χ2n) is 3.03. The van der Waals surface area contributed by atoms with Gasteiger partial charge in [0.25, 0.3) is 5.56 Å². The Morgan fingerprint density at radius 3 is 2.60 bits per heavy atom. The first-order valence-electron chi connectivity index (χ1n) is 4.17. The van der Waals surface area contributed by atoms with E-state index >= 15 is 0 Å². The fourth-order valence-corrected chi connectivity index (χ4v) is 1.39. The van der Waals surface area contributed by atoms with E-state index in [1.807, 2.05) is 0 Å².